The van der Waals surface area contributed by atoms with Crippen molar-refractivity contribution in [2.24, 2.45) is 0 Å². The van der Waals surface area contributed by atoms with E-state index in [-0.39, 0.29) is 5.75 Å². The maximum Gasteiger partial charge on any atom is 0.344 e. The molecule has 6 heteroatoms. The maximum atomic E-state index is 12.7. The van der Waals surface area contributed by atoms with Gasteiger partial charge in [0.05, 0.1) is 5.56 Å². The van der Waals surface area contributed by atoms with Crippen molar-refractivity contribution in [3.05, 3.63) is 93.6 Å². The molecule has 158 valence electrons. The van der Waals surface area contributed by atoms with Crippen LogP contribution < -0.4 is 16.2 Å². The molecule has 0 fully saturated rings. The Labute approximate surface area is 182 Å². The highest BCUT2D eigenvalue weighted by molar-refractivity contribution is 5.96. The summed E-state index contributed by atoms with van der Waals surface area (Å²) in [6, 6.07) is 20.9. The number of aromatic hydroxyl groups is 1. The topological polar surface area (TPSA) is 83.9 Å². The minimum Gasteiger partial charge on any atom is -0.508 e. The Kier molecular flexibility index (Phi) is 4.56. The van der Waals surface area contributed by atoms with Crippen LogP contribution in [0.3, 0.4) is 0 Å². The molecule has 0 atom stereocenters. The molecule has 5 aromatic rings. The molecule has 32 heavy (non-hydrogen) atoms. The van der Waals surface area contributed by atoms with Gasteiger partial charge in [0.15, 0.2) is 0 Å². The monoisotopic (exact) mass is 425 g/mol. The molecule has 2 heterocycles. The molecular weight excluding hydrogens is 406 g/mol. The van der Waals surface area contributed by atoms with Gasteiger partial charge in [-0.3, -0.25) is 0 Å². The van der Waals surface area contributed by atoms with E-state index in [9.17, 15) is 14.7 Å². The van der Waals surface area contributed by atoms with E-state index in [0.717, 1.165) is 16.8 Å². The van der Waals surface area contributed by atoms with Crippen LogP contribution in [0.4, 0.5) is 5.69 Å². The van der Waals surface area contributed by atoms with Gasteiger partial charge >= 0.3 is 11.3 Å². The van der Waals surface area contributed by atoms with E-state index in [0.29, 0.717) is 33.1 Å². The summed E-state index contributed by atoms with van der Waals surface area (Å²) in [4.78, 5) is 26.8. The predicted octanol–water partition coefficient (Wildman–Crippen LogP) is 5.01. The van der Waals surface area contributed by atoms with Gasteiger partial charge in [0, 0.05) is 42.7 Å². The Bertz CT molecular complexity index is 1590. The van der Waals surface area contributed by atoms with Crippen molar-refractivity contribution < 1.29 is 13.9 Å². The molecule has 0 saturated heterocycles. The SMILES string of the molecule is CN(C)c1ccc(-c2cc(=O)oc3ccc(-c4cc5ccc(O)cc5oc4=O)cc23)cc1. The van der Waals surface area contributed by atoms with Crippen LogP contribution in [0.2, 0.25) is 0 Å². The Hall–Kier alpha value is -4.32. The Morgan fingerprint density at radius 2 is 1.47 bits per heavy atom. The molecule has 3 aromatic carbocycles. The number of anilines is 1. The number of nitrogens with zero attached hydrogens (tertiary/aromatic N) is 1. The molecule has 0 spiro atoms. The Morgan fingerprint density at radius 3 is 2.22 bits per heavy atom. The van der Waals surface area contributed by atoms with Crippen molar-refractivity contribution in [2.75, 3.05) is 19.0 Å². The van der Waals surface area contributed by atoms with E-state index in [4.69, 9.17) is 8.83 Å². The zero-order valence-corrected chi connectivity index (χ0v) is 17.5. The van der Waals surface area contributed by atoms with Crippen LogP contribution in [0.5, 0.6) is 5.75 Å². The number of fused-ring (bicyclic) bond motifs is 2. The largest absolute Gasteiger partial charge is 0.508 e. The van der Waals surface area contributed by atoms with Crippen LogP contribution in [0.15, 0.2) is 91.2 Å². The first-order chi connectivity index (χ1) is 15.4. The van der Waals surface area contributed by atoms with E-state index >= 15 is 0 Å². The molecule has 0 amide bonds. The molecule has 0 bridgehead atoms. The van der Waals surface area contributed by atoms with E-state index < -0.39 is 11.3 Å². The number of benzene rings is 3. The molecule has 0 radical (unpaired) electrons. The third-order valence-electron chi connectivity index (χ3n) is 5.47. The van der Waals surface area contributed by atoms with Gasteiger partial charge in [-0.05, 0) is 59.2 Å². The zero-order chi connectivity index (χ0) is 22.4. The maximum absolute atomic E-state index is 12.7. The smallest absolute Gasteiger partial charge is 0.344 e. The normalized spacial score (nSPS) is 11.2. The highest BCUT2D eigenvalue weighted by Crippen LogP contribution is 2.32. The lowest BCUT2D eigenvalue weighted by molar-refractivity contribution is 0.473. The van der Waals surface area contributed by atoms with Crippen molar-refractivity contribution in [2.45, 2.75) is 0 Å². The highest BCUT2D eigenvalue weighted by Gasteiger charge is 2.13. The number of rotatable bonds is 3. The third kappa shape index (κ3) is 3.41. The molecular formula is C26H19NO5. The van der Waals surface area contributed by atoms with Gasteiger partial charge in [-0.2, -0.15) is 0 Å². The zero-order valence-electron chi connectivity index (χ0n) is 17.5. The summed E-state index contributed by atoms with van der Waals surface area (Å²) in [7, 11) is 3.93. The second kappa shape index (κ2) is 7.42. The van der Waals surface area contributed by atoms with Gasteiger partial charge < -0.3 is 18.8 Å². The molecule has 0 aliphatic heterocycles. The molecule has 0 aliphatic rings. The number of phenolic OH excluding ortho intramolecular Hbond substituents is 1. The fourth-order valence-corrected chi connectivity index (χ4v) is 3.81. The fourth-order valence-electron chi connectivity index (χ4n) is 3.81. The molecule has 1 N–H and O–H groups in total. The second-order valence-corrected chi connectivity index (χ2v) is 7.80. The van der Waals surface area contributed by atoms with Crippen molar-refractivity contribution in [1.82, 2.24) is 0 Å². The van der Waals surface area contributed by atoms with Crippen LogP contribution in [0, 0.1) is 0 Å². The van der Waals surface area contributed by atoms with Crippen molar-refractivity contribution in [3.8, 4) is 28.0 Å². The van der Waals surface area contributed by atoms with Gasteiger partial charge in [-0.25, -0.2) is 9.59 Å². The van der Waals surface area contributed by atoms with Crippen LogP contribution in [0.1, 0.15) is 0 Å². The summed E-state index contributed by atoms with van der Waals surface area (Å²) in [5.74, 6) is 0.0269. The van der Waals surface area contributed by atoms with Crippen LogP contribution in [-0.4, -0.2) is 19.2 Å². The van der Waals surface area contributed by atoms with Gasteiger partial charge in [0.1, 0.15) is 16.9 Å². The van der Waals surface area contributed by atoms with E-state index in [2.05, 4.69) is 0 Å². The first kappa shape index (κ1) is 19.6. The number of hydrogen-bond acceptors (Lipinski definition) is 6. The minimum absolute atomic E-state index is 0.0269. The van der Waals surface area contributed by atoms with Crippen molar-refractivity contribution in [3.63, 3.8) is 0 Å². The molecule has 6 nitrogen and oxygen atoms in total. The van der Waals surface area contributed by atoms with E-state index in [1.165, 1.54) is 18.2 Å². The first-order valence-electron chi connectivity index (χ1n) is 10.0. The summed E-state index contributed by atoms with van der Waals surface area (Å²) in [6.45, 7) is 0. The lowest BCUT2D eigenvalue weighted by Gasteiger charge is -2.13. The number of phenols is 1. The van der Waals surface area contributed by atoms with E-state index in [1.54, 1.807) is 24.3 Å². The van der Waals surface area contributed by atoms with Crippen LogP contribution in [0.25, 0.3) is 44.2 Å². The summed E-state index contributed by atoms with van der Waals surface area (Å²) in [5, 5.41) is 11.0. The van der Waals surface area contributed by atoms with Gasteiger partial charge in [-0.1, -0.05) is 18.2 Å². The summed E-state index contributed by atoms with van der Waals surface area (Å²) in [5.41, 5.74) is 3.44. The third-order valence-corrected chi connectivity index (χ3v) is 5.47. The molecule has 5 rings (SSSR count). The predicted molar refractivity (Wildman–Crippen MR) is 125 cm³/mol. The summed E-state index contributed by atoms with van der Waals surface area (Å²) >= 11 is 0. The van der Waals surface area contributed by atoms with Crippen LogP contribution in [-0.2, 0) is 0 Å². The quantitative estimate of drug-likeness (QED) is 0.409. The average Bonchev–Trinajstić information content (AvgIpc) is 2.78. The molecule has 2 aromatic heterocycles. The van der Waals surface area contributed by atoms with Crippen molar-refractivity contribution >= 4 is 27.6 Å². The Balaban J connectivity index is 1.71. The van der Waals surface area contributed by atoms with Crippen molar-refractivity contribution in [1.29, 1.82) is 0 Å². The van der Waals surface area contributed by atoms with Gasteiger partial charge in [0.2, 0.25) is 0 Å². The highest BCUT2D eigenvalue weighted by atomic mass is 16.4. The first-order valence-corrected chi connectivity index (χ1v) is 10.0. The van der Waals surface area contributed by atoms with E-state index in [1.807, 2.05) is 49.3 Å². The van der Waals surface area contributed by atoms with Gasteiger partial charge in [-0.15, -0.1) is 0 Å². The van der Waals surface area contributed by atoms with Gasteiger partial charge in [0.25, 0.3) is 0 Å². The molecule has 0 aliphatic carbocycles. The summed E-state index contributed by atoms with van der Waals surface area (Å²) < 4.78 is 10.8. The molecule has 0 unspecified atom stereocenters. The fraction of sp³-hybridized carbons (Fsp3) is 0.0769. The average molecular weight is 425 g/mol. The second-order valence-electron chi connectivity index (χ2n) is 7.80. The summed E-state index contributed by atoms with van der Waals surface area (Å²) in [6.07, 6.45) is 0. The van der Waals surface area contributed by atoms with Crippen LogP contribution >= 0.6 is 0 Å². The standard InChI is InChI=1S/C26H19NO5/c1-27(2)18-7-3-15(4-8-18)20-14-25(29)31-23-10-6-16(11-22(20)23)21-12-17-5-9-19(28)13-24(17)32-26(21)30/h3-14,28H,1-2H3. The lowest BCUT2D eigenvalue weighted by atomic mass is 9.98. The molecule has 0 saturated carbocycles. The lowest BCUT2D eigenvalue weighted by Crippen LogP contribution is -2.08. The minimum atomic E-state index is -0.517. The number of hydrogen-bond donors (Lipinski definition) is 1. The Morgan fingerprint density at radius 1 is 0.719 bits per heavy atom.